The van der Waals surface area contributed by atoms with Gasteiger partial charge in [0.1, 0.15) is 5.69 Å². The number of aryl methyl sites for hydroxylation is 1. The van der Waals surface area contributed by atoms with Crippen molar-refractivity contribution >= 4 is 17.6 Å². The van der Waals surface area contributed by atoms with Crippen LogP contribution >= 0.6 is 0 Å². The number of hydrogen-bond donors (Lipinski definition) is 1. The molecule has 0 radical (unpaired) electrons. The maximum Gasteiger partial charge on any atom is 0.416 e. The molecule has 0 amide bonds. The summed E-state index contributed by atoms with van der Waals surface area (Å²) in [4.78, 5) is 10.0. The summed E-state index contributed by atoms with van der Waals surface area (Å²) in [5, 5.41) is 14.8. The minimum absolute atomic E-state index is 0.118. The normalized spacial score (nSPS) is 11.7. The number of alkyl halides is 3. The van der Waals surface area contributed by atoms with Gasteiger partial charge < -0.3 is 0 Å². The van der Waals surface area contributed by atoms with Crippen LogP contribution in [0.2, 0.25) is 0 Å². The van der Waals surface area contributed by atoms with E-state index in [1.54, 1.807) is 12.1 Å². The highest BCUT2D eigenvalue weighted by molar-refractivity contribution is 5.82. The van der Waals surface area contributed by atoms with Crippen molar-refractivity contribution in [1.82, 2.24) is 0 Å². The van der Waals surface area contributed by atoms with Crippen LogP contribution in [0.1, 0.15) is 16.7 Å². The van der Waals surface area contributed by atoms with Crippen molar-refractivity contribution in [3.8, 4) is 0 Å². The van der Waals surface area contributed by atoms with Gasteiger partial charge in [0.15, 0.2) is 0 Å². The summed E-state index contributed by atoms with van der Waals surface area (Å²) < 4.78 is 37.8. The van der Waals surface area contributed by atoms with Gasteiger partial charge in [-0.15, -0.1) is 0 Å². The predicted octanol–water partition coefficient (Wildman–Crippen LogP) is 4.37. The van der Waals surface area contributed by atoms with E-state index in [1.807, 2.05) is 19.1 Å². The molecule has 0 aliphatic carbocycles. The number of nitro groups is 1. The molecule has 0 atom stereocenters. The minimum atomic E-state index is -4.65. The molecule has 5 nitrogen and oxygen atoms in total. The van der Waals surface area contributed by atoms with Gasteiger partial charge in [-0.05, 0) is 30.2 Å². The Bertz CT molecular complexity index is 758. The molecule has 23 heavy (non-hydrogen) atoms. The quantitative estimate of drug-likeness (QED) is 0.516. The van der Waals surface area contributed by atoms with Gasteiger partial charge in [0.2, 0.25) is 0 Å². The van der Waals surface area contributed by atoms with Crippen LogP contribution in [-0.4, -0.2) is 11.1 Å². The minimum Gasteiger partial charge on any atom is -0.272 e. The van der Waals surface area contributed by atoms with Gasteiger partial charge in [0.05, 0.1) is 16.7 Å². The van der Waals surface area contributed by atoms with Crippen LogP contribution in [-0.2, 0) is 6.18 Å². The Morgan fingerprint density at radius 2 is 1.91 bits per heavy atom. The number of benzene rings is 2. The number of hydrogen-bond acceptors (Lipinski definition) is 4. The third-order valence-corrected chi connectivity index (χ3v) is 3.10. The summed E-state index contributed by atoms with van der Waals surface area (Å²) >= 11 is 0. The standard InChI is InChI=1S/C15H12F3N3O2/c1-10-4-2-3-5-11(10)9-19-20-13-7-6-12(15(16,17)18)8-14(13)21(22)23/h2-9,20H,1H3/b19-9+. The second kappa shape index (κ2) is 6.47. The van der Waals surface area contributed by atoms with Gasteiger partial charge in [-0.3, -0.25) is 15.5 Å². The van der Waals surface area contributed by atoms with Gasteiger partial charge >= 0.3 is 6.18 Å². The van der Waals surface area contributed by atoms with Crippen LogP contribution in [0.25, 0.3) is 0 Å². The first-order valence-corrected chi connectivity index (χ1v) is 6.49. The van der Waals surface area contributed by atoms with E-state index in [1.165, 1.54) is 6.21 Å². The molecule has 2 rings (SSSR count). The van der Waals surface area contributed by atoms with Crippen molar-refractivity contribution in [2.75, 3.05) is 5.43 Å². The van der Waals surface area contributed by atoms with E-state index < -0.39 is 22.4 Å². The van der Waals surface area contributed by atoms with Gasteiger partial charge in [-0.2, -0.15) is 18.3 Å². The number of halogens is 3. The number of hydrazone groups is 1. The molecule has 2 aromatic rings. The van der Waals surface area contributed by atoms with Crippen LogP contribution in [0.15, 0.2) is 47.6 Å². The average Bonchev–Trinajstić information content (AvgIpc) is 2.48. The number of nitro benzene ring substituents is 1. The fraction of sp³-hybridized carbons (Fsp3) is 0.133. The summed E-state index contributed by atoms with van der Waals surface area (Å²) in [5.74, 6) is 0. The van der Waals surface area contributed by atoms with Crippen molar-refractivity contribution in [3.05, 3.63) is 69.3 Å². The number of anilines is 1. The van der Waals surface area contributed by atoms with E-state index in [9.17, 15) is 23.3 Å². The first kappa shape index (κ1) is 16.5. The molecule has 0 aromatic heterocycles. The SMILES string of the molecule is Cc1ccccc1/C=N/Nc1ccc(C(F)(F)F)cc1[N+](=O)[O-]. The molecule has 1 N–H and O–H groups in total. The lowest BCUT2D eigenvalue weighted by Crippen LogP contribution is -2.06. The Morgan fingerprint density at radius 3 is 2.52 bits per heavy atom. The van der Waals surface area contributed by atoms with Crippen LogP contribution in [0, 0.1) is 17.0 Å². The molecule has 0 fully saturated rings. The summed E-state index contributed by atoms with van der Waals surface area (Å²) in [6.07, 6.45) is -3.20. The predicted molar refractivity (Wildman–Crippen MR) is 80.5 cm³/mol. The Morgan fingerprint density at radius 1 is 1.22 bits per heavy atom. The molecular weight excluding hydrogens is 311 g/mol. The lowest BCUT2D eigenvalue weighted by molar-refractivity contribution is -0.384. The maximum atomic E-state index is 12.6. The van der Waals surface area contributed by atoms with Crippen molar-refractivity contribution in [3.63, 3.8) is 0 Å². The molecule has 8 heteroatoms. The molecule has 0 saturated carbocycles. The summed E-state index contributed by atoms with van der Waals surface area (Å²) in [7, 11) is 0. The van der Waals surface area contributed by atoms with E-state index in [0.29, 0.717) is 6.07 Å². The fourth-order valence-corrected chi connectivity index (χ4v) is 1.86. The lowest BCUT2D eigenvalue weighted by Gasteiger charge is -2.08. The van der Waals surface area contributed by atoms with Gasteiger partial charge in [-0.25, -0.2) is 0 Å². The van der Waals surface area contributed by atoms with Crippen molar-refractivity contribution < 1.29 is 18.1 Å². The highest BCUT2D eigenvalue weighted by Gasteiger charge is 2.33. The van der Waals surface area contributed by atoms with Crippen molar-refractivity contribution in [2.24, 2.45) is 5.10 Å². The van der Waals surface area contributed by atoms with Crippen LogP contribution in [0.3, 0.4) is 0 Å². The van der Waals surface area contributed by atoms with Crippen LogP contribution < -0.4 is 5.43 Å². The van der Waals surface area contributed by atoms with Crippen molar-refractivity contribution in [1.29, 1.82) is 0 Å². The molecule has 0 bridgehead atoms. The van der Waals surface area contributed by atoms with E-state index in [2.05, 4.69) is 10.5 Å². The largest absolute Gasteiger partial charge is 0.416 e. The summed E-state index contributed by atoms with van der Waals surface area (Å²) in [5.41, 5.74) is 2.24. The Balaban J connectivity index is 2.26. The molecule has 0 spiro atoms. The topological polar surface area (TPSA) is 67.5 Å². The van der Waals surface area contributed by atoms with Crippen LogP contribution in [0.5, 0.6) is 0 Å². The highest BCUT2D eigenvalue weighted by atomic mass is 19.4. The second-order valence-corrected chi connectivity index (χ2v) is 4.71. The van der Waals surface area contributed by atoms with Crippen molar-refractivity contribution in [2.45, 2.75) is 13.1 Å². The lowest BCUT2D eigenvalue weighted by atomic mass is 10.1. The average molecular weight is 323 g/mol. The van der Waals surface area contributed by atoms with E-state index in [0.717, 1.165) is 23.3 Å². The van der Waals surface area contributed by atoms with Gasteiger partial charge in [0, 0.05) is 6.07 Å². The van der Waals surface area contributed by atoms with Gasteiger partial charge in [-0.1, -0.05) is 24.3 Å². The van der Waals surface area contributed by atoms with Crippen LogP contribution in [0.4, 0.5) is 24.5 Å². The molecule has 0 saturated heterocycles. The number of nitrogens with zero attached hydrogens (tertiary/aromatic N) is 2. The monoisotopic (exact) mass is 323 g/mol. The van der Waals surface area contributed by atoms with Gasteiger partial charge in [0.25, 0.3) is 5.69 Å². The third kappa shape index (κ3) is 4.06. The first-order chi connectivity index (χ1) is 10.8. The zero-order valence-corrected chi connectivity index (χ0v) is 12.0. The third-order valence-electron chi connectivity index (χ3n) is 3.10. The Kier molecular flexibility index (Phi) is 4.63. The molecule has 0 aliphatic rings. The molecule has 2 aromatic carbocycles. The second-order valence-electron chi connectivity index (χ2n) is 4.71. The fourth-order valence-electron chi connectivity index (χ4n) is 1.86. The molecule has 0 unspecified atom stereocenters. The maximum absolute atomic E-state index is 12.6. The van der Waals surface area contributed by atoms with E-state index in [-0.39, 0.29) is 5.69 Å². The Labute approximate surface area is 129 Å². The number of rotatable bonds is 4. The molecule has 0 heterocycles. The number of nitrogens with one attached hydrogen (secondary N) is 1. The first-order valence-electron chi connectivity index (χ1n) is 6.49. The van der Waals surface area contributed by atoms with E-state index >= 15 is 0 Å². The molecular formula is C15H12F3N3O2. The Hall–Kier alpha value is -2.90. The zero-order valence-electron chi connectivity index (χ0n) is 12.0. The molecule has 0 aliphatic heterocycles. The summed E-state index contributed by atoms with van der Waals surface area (Å²) in [6.45, 7) is 1.86. The smallest absolute Gasteiger partial charge is 0.272 e. The zero-order chi connectivity index (χ0) is 17.0. The highest BCUT2D eigenvalue weighted by Crippen LogP contribution is 2.34. The molecule has 120 valence electrons. The van der Waals surface area contributed by atoms with E-state index in [4.69, 9.17) is 0 Å². The summed E-state index contributed by atoms with van der Waals surface area (Å²) in [6, 6.07) is 9.53.